The lowest BCUT2D eigenvalue weighted by Crippen LogP contribution is -1.84. The van der Waals surface area contributed by atoms with Gasteiger partial charge < -0.3 is 4.79 Å². The fourth-order valence-corrected chi connectivity index (χ4v) is 1.02. The molecule has 0 bridgehead atoms. The number of carbonyl (C=O) groups excluding carboxylic acids is 1. The van der Waals surface area contributed by atoms with Crippen LogP contribution in [0.2, 0.25) is 0 Å². The Morgan fingerprint density at radius 1 is 1.33 bits per heavy atom. The van der Waals surface area contributed by atoms with E-state index in [4.69, 9.17) is 0 Å². The third-order valence-electron chi connectivity index (χ3n) is 1.77. The molecule has 0 rings (SSSR count). The molecule has 0 radical (unpaired) electrons. The minimum absolute atomic E-state index is 0.590. The predicted molar refractivity (Wildman–Crippen MR) is 53.1 cm³/mol. The second kappa shape index (κ2) is 6.84. The van der Waals surface area contributed by atoms with Gasteiger partial charge in [0.25, 0.3) is 0 Å². The van der Waals surface area contributed by atoms with Crippen molar-refractivity contribution in [1.82, 2.24) is 0 Å². The topological polar surface area (TPSA) is 17.1 Å². The predicted octanol–water partition coefficient (Wildman–Crippen LogP) is 3.27. The van der Waals surface area contributed by atoms with Gasteiger partial charge in [0, 0.05) is 6.42 Å². The Morgan fingerprint density at radius 2 is 2.00 bits per heavy atom. The van der Waals surface area contributed by atoms with E-state index in [-0.39, 0.29) is 0 Å². The zero-order chi connectivity index (χ0) is 9.40. The number of allylic oxidation sites excluding steroid dienone is 4. The Morgan fingerprint density at radius 3 is 2.42 bits per heavy atom. The smallest absolute Gasteiger partial charge is 0.124 e. The van der Waals surface area contributed by atoms with Crippen LogP contribution in [0.4, 0.5) is 0 Å². The quantitative estimate of drug-likeness (QED) is 0.452. The summed E-state index contributed by atoms with van der Waals surface area (Å²) in [6, 6.07) is 0. The van der Waals surface area contributed by atoms with E-state index in [1.165, 1.54) is 11.1 Å². The summed E-state index contributed by atoms with van der Waals surface area (Å²) < 4.78 is 0. The first-order chi connectivity index (χ1) is 5.70. The van der Waals surface area contributed by atoms with Crippen LogP contribution in [0.15, 0.2) is 23.3 Å². The SMILES string of the molecule is CC=C(CC=O)CCC=C(C)C. The summed E-state index contributed by atoms with van der Waals surface area (Å²) in [6.07, 6.45) is 7.86. The maximum absolute atomic E-state index is 10.2. The molecule has 0 aromatic carbocycles. The second-order valence-corrected chi connectivity index (χ2v) is 3.14. The van der Waals surface area contributed by atoms with E-state index < -0.39 is 0 Å². The molecule has 0 fully saturated rings. The molecule has 0 saturated heterocycles. The highest BCUT2D eigenvalue weighted by atomic mass is 16.1. The maximum atomic E-state index is 10.2. The van der Waals surface area contributed by atoms with E-state index in [0.717, 1.165) is 19.1 Å². The highest BCUT2D eigenvalue weighted by Crippen LogP contribution is 2.09. The molecule has 0 saturated carbocycles. The molecule has 1 heteroatoms. The molecule has 0 heterocycles. The van der Waals surface area contributed by atoms with E-state index >= 15 is 0 Å². The summed E-state index contributed by atoms with van der Waals surface area (Å²) in [5, 5.41) is 0. The van der Waals surface area contributed by atoms with Crippen LogP contribution in [-0.2, 0) is 4.79 Å². The molecule has 0 aliphatic carbocycles. The molecule has 0 aliphatic rings. The number of hydrogen-bond acceptors (Lipinski definition) is 1. The Labute approximate surface area is 75.2 Å². The first-order valence-corrected chi connectivity index (χ1v) is 4.41. The van der Waals surface area contributed by atoms with Crippen LogP contribution < -0.4 is 0 Å². The summed E-state index contributed by atoms with van der Waals surface area (Å²) in [4.78, 5) is 10.2. The van der Waals surface area contributed by atoms with Crippen LogP contribution in [-0.4, -0.2) is 6.29 Å². The van der Waals surface area contributed by atoms with Crippen LogP contribution in [0.25, 0.3) is 0 Å². The van der Waals surface area contributed by atoms with Gasteiger partial charge in [-0.2, -0.15) is 0 Å². The van der Waals surface area contributed by atoms with Gasteiger partial charge in [-0.1, -0.05) is 23.3 Å². The Kier molecular flexibility index (Phi) is 6.35. The largest absolute Gasteiger partial charge is 0.303 e. The van der Waals surface area contributed by atoms with Crippen molar-refractivity contribution in [3.05, 3.63) is 23.3 Å². The average molecular weight is 166 g/mol. The van der Waals surface area contributed by atoms with Gasteiger partial charge in [-0.05, 0) is 33.6 Å². The first-order valence-electron chi connectivity index (χ1n) is 4.41. The van der Waals surface area contributed by atoms with Crippen LogP contribution in [0.3, 0.4) is 0 Å². The number of rotatable bonds is 5. The fraction of sp³-hybridized carbons (Fsp3) is 0.545. The number of aldehydes is 1. The molecule has 0 spiro atoms. The van der Waals surface area contributed by atoms with Crippen molar-refractivity contribution < 1.29 is 4.79 Å². The second-order valence-electron chi connectivity index (χ2n) is 3.14. The molecule has 0 N–H and O–H groups in total. The molecule has 0 atom stereocenters. The van der Waals surface area contributed by atoms with Crippen molar-refractivity contribution in [2.75, 3.05) is 0 Å². The standard InChI is InChI=1S/C11H18O/c1-4-11(8-9-12)7-5-6-10(2)3/h4,6,9H,5,7-8H2,1-3H3. The van der Waals surface area contributed by atoms with Crippen LogP contribution in [0.5, 0.6) is 0 Å². The van der Waals surface area contributed by atoms with Crippen molar-refractivity contribution in [1.29, 1.82) is 0 Å². The van der Waals surface area contributed by atoms with E-state index in [2.05, 4.69) is 19.9 Å². The van der Waals surface area contributed by atoms with Crippen molar-refractivity contribution in [2.24, 2.45) is 0 Å². The van der Waals surface area contributed by atoms with Gasteiger partial charge in [-0.25, -0.2) is 0 Å². The van der Waals surface area contributed by atoms with E-state index in [0.29, 0.717) is 6.42 Å². The van der Waals surface area contributed by atoms with Crippen molar-refractivity contribution in [3.63, 3.8) is 0 Å². The summed E-state index contributed by atoms with van der Waals surface area (Å²) in [7, 11) is 0. The average Bonchev–Trinajstić information content (AvgIpc) is 2.02. The third-order valence-corrected chi connectivity index (χ3v) is 1.77. The lowest BCUT2D eigenvalue weighted by molar-refractivity contribution is -0.107. The molecular formula is C11H18O. The monoisotopic (exact) mass is 166 g/mol. The van der Waals surface area contributed by atoms with Gasteiger partial charge in [0.1, 0.15) is 6.29 Å². The third kappa shape index (κ3) is 5.90. The van der Waals surface area contributed by atoms with E-state index in [9.17, 15) is 4.79 Å². The molecule has 68 valence electrons. The minimum atomic E-state index is 0.590. The highest BCUT2D eigenvalue weighted by molar-refractivity contribution is 5.54. The molecule has 0 aliphatic heterocycles. The number of carbonyl (C=O) groups is 1. The molecule has 0 amide bonds. The molecular weight excluding hydrogens is 148 g/mol. The van der Waals surface area contributed by atoms with E-state index in [1.54, 1.807) is 0 Å². The lowest BCUT2D eigenvalue weighted by atomic mass is 10.1. The Hall–Kier alpha value is -0.850. The summed E-state index contributed by atoms with van der Waals surface area (Å²) in [5.41, 5.74) is 2.58. The van der Waals surface area contributed by atoms with Gasteiger partial charge in [0.15, 0.2) is 0 Å². The summed E-state index contributed by atoms with van der Waals surface area (Å²) in [5.74, 6) is 0. The van der Waals surface area contributed by atoms with Crippen molar-refractivity contribution in [2.45, 2.75) is 40.0 Å². The van der Waals surface area contributed by atoms with Crippen LogP contribution in [0, 0.1) is 0 Å². The Bertz CT molecular complexity index is 183. The van der Waals surface area contributed by atoms with Gasteiger partial charge in [0.2, 0.25) is 0 Å². The molecule has 0 aromatic heterocycles. The van der Waals surface area contributed by atoms with Gasteiger partial charge in [-0.3, -0.25) is 0 Å². The van der Waals surface area contributed by atoms with Crippen LogP contribution in [0.1, 0.15) is 40.0 Å². The number of hydrogen-bond donors (Lipinski definition) is 0. The fourth-order valence-electron chi connectivity index (χ4n) is 1.02. The van der Waals surface area contributed by atoms with Gasteiger partial charge in [-0.15, -0.1) is 0 Å². The summed E-state index contributed by atoms with van der Waals surface area (Å²) in [6.45, 7) is 6.17. The summed E-state index contributed by atoms with van der Waals surface area (Å²) >= 11 is 0. The van der Waals surface area contributed by atoms with Crippen LogP contribution >= 0.6 is 0 Å². The molecule has 0 aromatic rings. The minimum Gasteiger partial charge on any atom is -0.303 e. The maximum Gasteiger partial charge on any atom is 0.124 e. The van der Waals surface area contributed by atoms with Gasteiger partial charge >= 0.3 is 0 Å². The first kappa shape index (κ1) is 11.2. The Balaban J connectivity index is 3.74. The normalized spacial score (nSPS) is 11.1. The molecule has 0 unspecified atom stereocenters. The molecule has 1 nitrogen and oxygen atoms in total. The molecule has 12 heavy (non-hydrogen) atoms. The van der Waals surface area contributed by atoms with Crippen molar-refractivity contribution in [3.8, 4) is 0 Å². The van der Waals surface area contributed by atoms with Crippen molar-refractivity contribution >= 4 is 6.29 Å². The zero-order valence-electron chi connectivity index (χ0n) is 8.26. The lowest BCUT2D eigenvalue weighted by Gasteiger charge is -1.99. The highest BCUT2D eigenvalue weighted by Gasteiger charge is 1.92. The van der Waals surface area contributed by atoms with Gasteiger partial charge in [0.05, 0.1) is 0 Å². The van der Waals surface area contributed by atoms with E-state index in [1.807, 2.05) is 13.0 Å². The zero-order valence-corrected chi connectivity index (χ0v) is 8.26.